The lowest BCUT2D eigenvalue weighted by Crippen LogP contribution is -2.24. The monoisotopic (exact) mass is 393 g/mol. The number of imide groups is 1. The largest absolute Gasteiger partial charge is 0.505 e. The summed E-state index contributed by atoms with van der Waals surface area (Å²) in [6.45, 7) is 0. The van der Waals surface area contributed by atoms with Gasteiger partial charge in [-0.2, -0.15) is 0 Å². The summed E-state index contributed by atoms with van der Waals surface area (Å²) < 4.78 is 0. The average molecular weight is 394 g/mol. The van der Waals surface area contributed by atoms with Gasteiger partial charge in [0.25, 0.3) is 17.5 Å². The Kier molecular flexibility index (Phi) is 4.54. The van der Waals surface area contributed by atoms with Crippen molar-refractivity contribution < 1.29 is 19.6 Å². The molecule has 2 amide bonds. The first-order valence-electron chi connectivity index (χ1n) is 7.07. The average Bonchev–Trinajstić information content (AvgIpc) is 2.86. The van der Waals surface area contributed by atoms with E-state index in [1.54, 1.807) is 0 Å². The highest BCUT2D eigenvalue weighted by Gasteiger charge is 2.32. The number of nitrogens with one attached hydrogen (secondary N) is 2. The van der Waals surface area contributed by atoms with Crippen LogP contribution in [0.25, 0.3) is 5.57 Å². The van der Waals surface area contributed by atoms with Gasteiger partial charge < -0.3 is 10.4 Å². The zero-order valence-electron chi connectivity index (χ0n) is 12.7. The van der Waals surface area contributed by atoms with E-state index in [-0.39, 0.29) is 38.4 Å². The van der Waals surface area contributed by atoms with Gasteiger partial charge in [0, 0.05) is 17.8 Å². The number of halogens is 2. The van der Waals surface area contributed by atoms with Crippen LogP contribution in [-0.4, -0.2) is 21.8 Å². The first-order valence-corrected chi connectivity index (χ1v) is 7.83. The minimum atomic E-state index is -0.677. The Balaban J connectivity index is 2.05. The van der Waals surface area contributed by atoms with Crippen molar-refractivity contribution in [1.29, 1.82) is 0 Å². The highest BCUT2D eigenvalue weighted by atomic mass is 35.5. The lowest BCUT2D eigenvalue weighted by atomic mass is 10.0. The molecule has 2 aromatic rings. The Bertz CT molecular complexity index is 963. The molecular weight excluding hydrogens is 385 g/mol. The van der Waals surface area contributed by atoms with Gasteiger partial charge in [0.05, 0.1) is 20.5 Å². The summed E-state index contributed by atoms with van der Waals surface area (Å²) in [6, 6.07) is 7.85. The number of carbonyl (C=O) groups is 2. The van der Waals surface area contributed by atoms with E-state index in [4.69, 9.17) is 23.2 Å². The van der Waals surface area contributed by atoms with Crippen molar-refractivity contribution in [3.8, 4) is 5.75 Å². The third kappa shape index (κ3) is 3.19. The van der Waals surface area contributed by atoms with E-state index < -0.39 is 16.7 Å². The number of nitro groups is 1. The fraction of sp³-hybridized carbons (Fsp3) is 0. The summed E-state index contributed by atoms with van der Waals surface area (Å²) in [7, 11) is 0. The molecule has 0 atom stereocenters. The summed E-state index contributed by atoms with van der Waals surface area (Å²) in [4.78, 5) is 34.4. The van der Waals surface area contributed by atoms with Gasteiger partial charge in [-0.15, -0.1) is 0 Å². The second-order valence-corrected chi connectivity index (χ2v) is 6.07. The number of phenolic OH excluding ortho intramolecular Hbond substituents is 1. The number of nitro benzene ring substituents is 1. The molecule has 0 aromatic heterocycles. The molecular formula is C16H9Cl2N3O5. The number of nitrogens with zero attached hydrogens (tertiary/aromatic N) is 1. The topological polar surface area (TPSA) is 122 Å². The lowest BCUT2D eigenvalue weighted by molar-refractivity contribution is -0.384. The number of rotatable bonds is 4. The second kappa shape index (κ2) is 6.66. The summed E-state index contributed by atoms with van der Waals surface area (Å²) in [6.07, 6.45) is 0. The molecule has 0 radical (unpaired) electrons. The molecule has 1 aliphatic heterocycles. The van der Waals surface area contributed by atoms with E-state index in [9.17, 15) is 24.8 Å². The van der Waals surface area contributed by atoms with Gasteiger partial charge in [0.15, 0.2) is 5.75 Å². The number of aromatic hydroxyl groups is 1. The Hall–Kier alpha value is -3.10. The SMILES string of the molecule is O=C1NC(=O)C(c2ccc([N+](=O)[O-])cc2)=C1Nc1cc(Cl)c(O)c(Cl)c1. The zero-order valence-corrected chi connectivity index (χ0v) is 14.3. The highest BCUT2D eigenvalue weighted by molar-refractivity contribution is 6.38. The first kappa shape index (κ1) is 17.7. The van der Waals surface area contributed by atoms with Gasteiger partial charge in [-0.3, -0.25) is 25.0 Å². The van der Waals surface area contributed by atoms with Gasteiger partial charge in [-0.1, -0.05) is 23.2 Å². The van der Waals surface area contributed by atoms with Crippen molar-refractivity contribution in [3.63, 3.8) is 0 Å². The van der Waals surface area contributed by atoms with Crippen molar-refractivity contribution >= 4 is 52.0 Å². The fourth-order valence-corrected chi connectivity index (χ4v) is 2.87. The van der Waals surface area contributed by atoms with Crippen LogP contribution in [0, 0.1) is 10.1 Å². The smallest absolute Gasteiger partial charge is 0.275 e. The van der Waals surface area contributed by atoms with Crippen LogP contribution in [-0.2, 0) is 9.59 Å². The molecule has 2 aromatic carbocycles. The molecule has 10 heteroatoms. The van der Waals surface area contributed by atoms with E-state index in [0.29, 0.717) is 5.56 Å². The zero-order chi connectivity index (χ0) is 19.0. The van der Waals surface area contributed by atoms with Crippen LogP contribution >= 0.6 is 23.2 Å². The standard InChI is InChI=1S/C16H9Cl2N3O5/c17-10-5-8(6-11(18)14(10)22)19-13-12(15(23)20-16(13)24)7-1-3-9(4-2-7)21(25)26/h1-6,22H,(H2,19,20,23,24). The van der Waals surface area contributed by atoms with Gasteiger partial charge in [0.1, 0.15) is 5.70 Å². The lowest BCUT2D eigenvalue weighted by Gasteiger charge is -2.10. The number of hydrogen-bond donors (Lipinski definition) is 3. The van der Waals surface area contributed by atoms with Crippen LogP contribution in [0.4, 0.5) is 11.4 Å². The van der Waals surface area contributed by atoms with Crippen molar-refractivity contribution in [2.24, 2.45) is 0 Å². The Morgan fingerprint density at radius 3 is 2.15 bits per heavy atom. The normalized spacial score (nSPS) is 13.8. The first-order chi connectivity index (χ1) is 12.3. The van der Waals surface area contributed by atoms with E-state index in [0.717, 1.165) is 0 Å². The van der Waals surface area contributed by atoms with Crippen molar-refractivity contribution in [3.05, 3.63) is 67.8 Å². The molecule has 3 N–H and O–H groups in total. The molecule has 3 rings (SSSR count). The summed E-state index contributed by atoms with van der Waals surface area (Å²) in [5.41, 5.74) is 0.395. The van der Waals surface area contributed by atoms with E-state index >= 15 is 0 Å². The van der Waals surface area contributed by atoms with Gasteiger partial charge in [0.2, 0.25) is 0 Å². The van der Waals surface area contributed by atoms with E-state index in [1.165, 1.54) is 36.4 Å². The van der Waals surface area contributed by atoms with Crippen LogP contribution in [0.5, 0.6) is 5.75 Å². The summed E-state index contributed by atoms with van der Waals surface area (Å²) in [5, 5.41) is 25.2. The molecule has 0 aliphatic carbocycles. The van der Waals surface area contributed by atoms with Crippen molar-refractivity contribution in [2.75, 3.05) is 5.32 Å². The number of carbonyl (C=O) groups excluding carboxylic acids is 2. The number of phenols is 1. The van der Waals surface area contributed by atoms with Crippen LogP contribution < -0.4 is 10.6 Å². The third-order valence-corrected chi connectivity index (χ3v) is 4.16. The predicted molar refractivity (Wildman–Crippen MR) is 94.9 cm³/mol. The number of amides is 2. The number of anilines is 1. The molecule has 0 bridgehead atoms. The molecule has 0 fully saturated rings. The van der Waals surface area contributed by atoms with Crippen molar-refractivity contribution in [2.45, 2.75) is 0 Å². The molecule has 26 heavy (non-hydrogen) atoms. The molecule has 0 unspecified atom stereocenters. The van der Waals surface area contributed by atoms with Gasteiger partial charge in [-0.25, -0.2) is 0 Å². The number of hydrogen-bond acceptors (Lipinski definition) is 6. The summed E-state index contributed by atoms with van der Waals surface area (Å²) in [5.74, 6) is -1.64. The van der Waals surface area contributed by atoms with Crippen LogP contribution in [0.1, 0.15) is 5.56 Å². The third-order valence-electron chi connectivity index (χ3n) is 3.58. The molecule has 1 heterocycles. The minimum Gasteiger partial charge on any atom is -0.505 e. The highest BCUT2D eigenvalue weighted by Crippen LogP contribution is 2.36. The Morgan fingerprint density at radius 1 is 1.04 bits per heavy atom. The van der Waals surface area contributed by atoms with Gasteiger partial charge in [-0.05, 0) is 29.8 Å². The molecule has 0 saturated heterocycles. The van der Waals surface area contributed by atoms with Crippen LogP contribution in [0.3, 0.4) is 0 Å². The summed E-state index contributed by atoms with van der Waals surface area (Å²) >= 11 is 11.7. The van der Waals surface area contributed by atoms with E-state index in [1.807, 2.05) is 0 Å². The number of benzene rings is 2. The molecule has 0 saturated carbocycles. The predicted octanol–water partition coefficient (Wildman–Crippen LogP) is 3.09. The maximum atomic E-state index is 12.1. The quantitative estimate of drug-likeness (QED) is 0.317. The van der Waals surface area contributed by atoms with Crippen LogP contribution in [0.15, 0.2) is 42.1 Å². The molecule has 0 spiro atoms. The molecule has 1 aliphatic rings. The maximum absolute atomic E-state index is 12.1. The molecule has 8 nitrogen and oxygen atoms in total. The van der Waals surface area contributed by atoms with E-state index in [2.05, 4.69) is 10.6 Å². The number of non-ortho nitro benzene ring substituents is 1. The van der Waals surface area contributed by atoms with Crippen molar-refractivity contribution in [1.82, 2.24) is 5.32 Å². The van der Waals surface area contributed by atoms with Crippen LogP contribution in [0.2, 0.25) is 10.0 Å². The minimum absolute atomic E-state index is 0.0187. The second-order valence-electron chi connectivity index (χ2n) is 5.25. The maximum Gasteiger partial charge on any atom is 0.275 e. The Labute approximate surface area is 156 Å². The molecule has 132 valence electrons. The van der Waals surface area contributed by atoms with Gasteiger partial charge >= 0.3 is 0 Å². The fourth-order valence-electron chi connectivity index (χ4n) is 2.38. The Morgan fingerprint density at radius 2 is 1.62 bits per heavy atom.